The van der Waals surface area contributed by atoms with Gasteiger partial charge in [-0.2, -0.15) is 0 Å². The van der Waals surface area contributed by atoms with E-state index in [-0.39, 0.29) is 0 Å². The lowest BCUT2D eigenvalue weighted by atomic mass is 9.92. The molecule has 0 aliphatic heterocycles. The van der Waals surface area contributed by atoms with Crippen molar-refractivity contribution in [3.8, 4) is 11.3 Å². The van der Waals surface area contributed by atoms with Gasteiger partial charge in [0, 0.05) is 16.8 Å². The molecule has 17 heavy (non-hydrogen) atoms. The lowest BCUT2D eigenvalue weighted by molar-refractivity contribution is 0.660. The Morgan fingerprint density at radius 1 is 0.941 bits per heavy atom. The van der Waals surface area contributed by atoms with Crippen LogP contribution in [0.2, 0.25) is 0 Å². The van der Waals surface area contributed by atoms with Crippen LogP contribution in [0.15, 0.2) is 30.3 Å². The van der Waals surface area contributed by atoms with Gasteiger partial charge < -0.3 is 0 Å². The zero-order valence-electron chi connectivity index (χ0n) is 10.1. The lowest BCUT2D eigenvalue weighted by Gasteiger charge is -2.18. The number of benzene rings is 1. The zero-order valence-corrected chi connectivity index (χ0v) is 10.1. The second kappa shape index (κ2) is 4.28. The summed E-state index contributed by atoms with van der Waals surface area (Å²) in [5.41, 5.74) is 5.00. The van der Waals surface area contributed by atoms with E-state index >= 15 is 0 Å². The van der Waals surface area contributed by atoms with Gasteiger partial charge in [-0.25, -0.2) is 9.97 Å². The fourth-order valence-electron chi connectivity index (χ4n) is 2.55. The first-order chi connectivity index (χ1) is 8.34. The molecule has 0 radical (unpaired) electrons. The first kappa shape index (κ1) is 10.5. The van der Waals surface area contributed by atoms with Crippen molar-refractivity contribution < 1.29 is 0 Å². The van der Waals surface area contributed by atoms with Crippen molar-refractivity contribution in [3.63, 3.8) is 0 Å². The molecular weight excluding hydrogens is 208 g/mol. The Kier molecular flexibility index (Phi) is 2.63. The molecular formula is C15H16N2. The maximum Gasteiger partial charge on any atom is 0.126 e. The Morgan fingerprint density at radius 2 is 1.71 bits per heavy atom. The van der Waals surface area contributed by atoms with Crippen molar-refractivity contribution in [3.05, 3.63) is 47.4 Å². The van der Waals surface area contributed by atoms with Gasteiger partial charge in [0.2, 0.25) is 0 Å². The first-order valence-electron chi connectivity index (χ1n) is 6.26. The molecule has 0 bridgehead atoms. The van der Waals surface area contributed by atoms with E-state index in [9.17, 15) is 0 Å². The summed E-state index contributed by atoms with van der Waals surface area (Å²) in [5, 5.41) is 0. The SMILES string of the molecule is Cc1nc2c(c(-c3ccccc3)n1)CCCC2. The average molecular weight is 224 g/mol. The topological polar surface area (TPSA) is 25.8 Å². The van der Waals surface area contributed by atoms with E-state index < -0.39 is 0 Å². The molecule has 0 saturated heterocycles. The van der Waals surface area contributed by atoms with E-state index in [2.05, 4.69) is 34.2 Å². The van der Waals surface area contributed by atoms with Crippen LogP contribution in [0.1, 0.15) is 29.9 Å². The Balaban J connectivity index is 2.19. The van der Waals surface area contributed by atoms with Crippen LogP contribution in [0.3, 0.4) is 0 Å². The third-order valence-electron chi connectivity index (χ3n) is 3.34. The van der Waals surface area contributed by atoms with Gasteiger partial charge in [-0.3, -0.25) is 0 Å². The molecule has 0 fully saturated rings. The highest BCUT2D eigenvalue weighted by Crippen LogP contribution is 2.28. The summed E-state index contributed by atoms with van der Waals surface area (Å²) < 4.78 is 0. The van der Waals surface area contributed by atoms with Crippen LogP contribution in [0.25, 0.3) is 11.3 Å². The Labute approximate surface area is 102 Å². The maximum absolute atomic E-state index is 4.65. The number of nitrogens with zero attached hydrogens (tertiary/aromatic N) is 2. The van der Waals surface area contributed by atoms with Crippen molar-refractivity contribution in [1.82, 2.24) is 9.97 Å². The Hall–Kier alpha value is -1.70. The van der Waals surface area contributed by atoms with Gasteiger partial charge in [-0.05, 0) is 32.6 Å². The van der Waals surface area contributed by atoms with Gasteiger partial charge in [0.05, 0.1) is 5.69 Å². The molecule has 1 aliphatic rings. The number of aryl methyl sites for hydroxylation is 2. The molecule has 0 unspecified atom stereocenters. The monoisotopic (exact) mass is 224 g/mol. The fourth-order valence-corrected chi connectivity index (χ4v) is 2.55. The Morgan fingerprint density at radius 3 is 2.53 bits per heavy atom. The highest BCUT2D eigenvalue weighted by Gasteiger charge is 2.17. The van der Waals surface area contributed by atoms with Gasteiger partial charge in [0.1, 0.15) is 5.82 Å². The maximum atomic E-state index is 4.65. The minimum atomic E-state index is 0.893. The smallest absolute Gasteiger partial charge is 0.126 e. The van der Waals surface area contributed by atoms with Crippen LogP contribution >= 0.6 is 0 Å². The lowest BCUT2D eigenvalue weighted by Crippen LogP contribution is -2.10. The molecule has 0 amide bonds. The van der Waals surface area contributed by atoms with Gasteiger partial charge in [-0.1, -0.05) is 30.3 Å². The molecule has 1 aliphatic carbocycles. The van der Waals surface area contributed by atoms with Crippen LogP contribution in [0.4, 0.5) is 0 Å². The van der Waals surface area contributed by atoms with Crippen LogP contribution < -0.4 is 0 Å². The molecule has 2 nitrogen and oxygen atoms in total. The summed E-state index contributed by atoms with van der Waals surface area (Å²) >= 11 is 0. The van der Waals surface area contributed by atoms with Crippen LogP contribution in [0.5, 0.6) is 0 Å². The number of rotatable bonds is 1. The molecule has 2 heteroatoms. The van der Waals surface area contributed by atoms with E-state index in [0.29, 0.717) is 0 Å². The first-order valence-corrected chi connectivity index (χ1v) is 6.26. The second-order valence-corrected chi connectivity index (χ2v) is 4.62. The summed E-state index contributed by atoms with van der Waals surface area (Å²) in [4.78, 5) is 9.23. The van der Waals surface area contributed by atoms with Crippen molar-refractivity contribution >= 4 is 0 Å². The molecule has 1 aromatic carbocycles. The van der Waals surface area contributed by atoms with Gasteiger partial charge >= 0.3 is 0 Å². The van der Waals surface area contributed by atoms with E-state index in [4.69, 9.17) is 0 Å². The highest BCUT2D eigenvalue weighted by molar-refractivity contribution is 5.64. The molecule has 0 atom stereocenters. The van der Waals surface area contributed by atoms with Crippen molar-refractivity contribution in [2.45, 2.75) is 32.6 Å². The minimum absolute atomic E-state index is 0.893. The molecule has 0 N–H and O–H groups in total. The molecule has 1 heterocycles. The molecule has 0 spiro atoms. The van der Waals surface area contributed by atoms with Crippen LogP contribution in [-0.4, -0.2) is 9.97 Å². The zero-order chi connectivity index (χ0) is 11.7. The molecule has 1 aromatic heterocycles. The molecule has 86 valence electrons. The second-order valence-electron chi connectivity index (χ2n) is 4.62. The number of aromatic nitrogens is 2. The predicted molar refractivity (Wildman–Crippen MR) is 68.8 cm³/mol. The molecule has 3 rings (SSSR count). The van der Waals surface area contributed by atoms with Gasteiger partial charge in [0.15, 0.2) is 0 Å². The minimum Gasteiger partial charge on any atom is -0.238 e. The van der Waals surface area contributed by atoms with Crippen molar-refractivity contribution in [1.29, 1.82) is 0 Å². The third kappa shape index (κ3) is 1.95. The van der Waals surface area contributed by atoms with Crippen molar-refractivity contribution in [2.75, 3.05) is 0 Å². The van der Waals surface area contributed by atoms with E-state index in [1.165, 1.54) is 29.7 Å². The quantitative estimate of drug-likeness (QED) is 0.742. The number of hydrogen-bond acceptors (Lipinski definition) is 2. The summed E-state index contributed by atoms with van der Waals surface area (Å²) in [5.74, 6) is 0.893. The summed E-state index contributed by atoms with van der Waals surface area (Å²) in [6.45, 7) is 1.99. The average Bonchev–Trinajstić information content (AvgIpc) is 2.39. The summed E-state index contributed by atoms with van der Waals surface area (Å²) in [6.07, 6.45) is 4.76. The van der Waals surface area contributed by atoms with E-state index in [1.54, 1.807) is 0 Å². The number of fused-ring (bicyclic) bond motifs is 1. The normalized spacial score (nSPS) is 14.4. The summed E-state index contributed by atoms with van der Waals surface area (Å²) in [7, 11) is 0. The van der Waals surface area contributed by atoms with Gasteiger partial charge in [0.25, 0.3) is 0 Å². The van der Waals surface area contributed by atoms with E-state index in [1.807, 2.05) is 13.0 Å². The fraction of sp³-hybridized carbons (Fsp3) is 0.333. The van der Waals surface area contributed by atoms with Crippen molar-refractivity contribution in [2.24, 2.45) is 0 Å². The third-order valence-corrected chi connectivity index (χ3v) is 3.34. The molecule has 0 saturated carbocycles. The number of hydrogen-bond donors (Lipinski definition) is 0. The van der Waals surface area contributed by atoms with E-state index in [0.717, 1.165) is 24.4 Å². The summed E-state index contributed by atoms with van der Waals surface area (Å²) in [6, 6.07) is 10.5. The predicted octanol–water partition coefficient (Wildman–Crippen LogP) is 3.33. The Bertz CT molecular complexity index is 532. The van der Waals surface area contributed by atoms with Crippen LogP contribution in [-0.2, 0) is 12.8 Å². The largest absolute Gasteiger partial charge is 0.238 e. The highest BCUT2D eigenvalue weighted by atomic mass is 14.9. The molecule has 2 aromatic rings. The van der Waals surface area contributed by atoms with Crippen LogP contribution in [0, 0.1) is 6.92 Å². The standard InChI is InChI=1S/C15H16N2/c1-11-16-14-10-6-5-9-13(14)15(17-11)12-7-3-2-4-8-12/h2-4,7-8H,5-6,9-10H2,1H3. The van der Waals surface area contributed by atoms with Gasteiger partial charge in [-0.15, -0.1) is 0 Å².